The zero-order valence-corrected chi connectivity index (χ0v) is 15.3. The highest BCUT2D eigenvalue weighted by molar-refractivity contribution is 5.91. The smallest absolute Gasteiger partial charge is 0.162 e. The van der Waals surface area contributed by atoms with E-state index in [1.54, 1.807) is 0 Å². The molecule has 1 saturated heterocycles. The quantitative estimate of drug-likeness (QED) is 0.787. The van der Waals surface area contributed by atoms with Crippen LogP contribution < -0.4 is 0 Å². The molecule has 0 radical (unpaired) electrons. The van der Waals surface area contributed by atoms with Crippen LogP contribution in [-0.4, -0.2) is 40.8 Å². The van der Waals surface area contributed by atoms with Crippen LogP contribution in [0.1, 0.15) is 51.9 Å². The van der Waals surface area contributed by atoms with E-state index in [0.29, 0.717) is 24.7 Å². The summed E-state index contributed by atoms with van der Waals surface area (Å²) in [6.07, 6.45) is 6.72. The van der Waals surface area contributed by atoms with Gasteiger partial charge in [-0.15, -0.1) is 0 Å². The van der Waals surface area contributed by atoms with E-state index >= 15 is 0 Å². The van der Waals surface area contributed by atoms with E-state index in [1.807, 2.05) is 6.08 Å². The highest BCUT2D eigenvalue weighted by Gasteiger charge is 2.71. The van der Waals surface area contributed by atoms with Gasteiger partial charge in [-0.3, -0.25) is 9.59 Å². The number of aliphatic hydroxyl groups is 2. The van der Waals surface area contributed by atoms with Gasteiger partial charge in [0.05, 0.1) is 6.10 Å². The minimum atomic E-state index is -0.910. The third-order valence-electron chi connectivity index (χ3n) is 8.79. The molecule has 142 valence electrons. The van der Waals surface area contributed by atoms with Gasteiger partial charge in [0.1, 0.15) is 6.61 Å². The van der Waals surface area contributed by atoms with Gasteiger partial charge in [0.2, 0.25) is 0 Å². The molecule has 1 aliphatic heterocycles. The molecule has 26 heavy (non-hydrogen) atoms. The van der Waals surface area contributed by atoms with Crippen molar-refractivity contribution in [1.82, 2.24) is 0 Å². The minimum absolute atomic E-state index is 0.0310. The van der Waals surface area contributed by atoms with E-state index in [4.69, 9.17) is 4.74 Å². The molecule has 1 heterocycles. The topological polar surface area (TPSA) is 83.8 Å². The molecular weight excluding hydrogens is 332 g/mol. The number of ether oxygens (including phenoxy) is 1. The normalized spacial score (nSPS) is 52.1. The Hall–Kier alpha value is -1.04. The third-order valence-corrected chi connectivity index (χ3v) is 8.79. The van der Waals surface area contributed by atoms with E-state index < -0.39 is 18.3 Å². The Kier molecular flexibility index (Phi) is 3.61. The Labute approximate surface area is 153 Å². The van der Waals surface area contributed by atoms with Gasteiger partial charge >= 0.3 is 0 Å². The minimum Gasteiger partial charge on any atom is -0.389 e. The van der Waals surface area contributed by atoms with Gasteiger partial charge in [0, 0.05) is 17.8 Å². The summed E-state index contributed by atoms with van der Waals surface area (Å²) in [4.78, 5) is 24.4. The largest absolute Gasteiger partial charge is 0.389 e. The first-order chi connectivity index (χ1) is 12.4. The molecule has 3 saturated carbocycles. The molecule has 0 amide bonds. The van der Waals surface area contributed by atoms with Gasteiger partial charge in [-0.1, -0.05) is 12.5 Å². The van der Waals surface area contributed by atoms with Crippen LogP contribution >= 0.6 is 0 Å². The van der Waals surface area contributed by atoms with Crippen LogP contribution in [0.3, 0.4) is 0 Å². The number of hydrogen-bond donors (Lipinski definition) is 2. The van der Waals surface area contributed by atoms with Crippen molar-refractivity contribution in [3.05, 3.63) is 11.6 Å². The molecule has 2 N–H and O–H groups in total. The van der Waals surface area contributed by atoms with E-state index in [0.717, 1.165) is 32.1 Å². The molecule has 8 atom stereocenters. The Morgan fingerprint density at radius 2 is 2.12 bits per heavy atom. The summed E-state index contributed by atoms with van der Waals surface area (Å²) >= 11 is 0. The maximum atomic E-state index is 12.4. The highest BCUT2D eigenvalue weighted by atomic mass is 16.6. The van der Waals surface area contributed by atoms with Crippen LogP contribution in [0.15, 0.2) is 11.6 Å². The van der Waals surface area contributed by atoms with Crippen molar-refractivity contribution in [1.29, 1.82) is 0 Å². The fourth-order valence-corrected chi connectivity index (χ4v) is 7.80. The Balaban J connectivity index is 1.57. The van der Waals surface area contributed by atoms with Crippen LogP contribution in [0, 0.1) is 34.5 Å². The summed E-state index contributed by atoms with van der Waals surface area (Å²) in [5.41, 5.74) is 0.735. The summed E-state index contributed by atoms with van der Waals surface area (Å²) in [5, 5.41) is 20.4. The second-order valence-corrected chi connectivity index (χ2v) is 9.49. The second kappa shape index (κ2) is 5.49. The fourth-order valence-electron chi connectivity index (χ4n) is 7.80. The van der Waals surface area contributed by atoms with Crippen LogP contribution in [0.5, 0.6) is 0 Å². The first-order valence-corrected chi connectivity index (χ1v) is 10.1. The number of carbonyl (C=O) groups excluding carboxylic acids is 2. The molecule has 1 spiro atoms. The molecule has 0 unspecified atom stereocenters. The molecule has 0 aromatic heterocycles. The van der Waals surface area contributed by atoms with Crippen LogP contribution in [0.4, 0.5) is 0 Å². The summed E-state index contributed by atoms with van der Waals surface area (Å²) in [5.74, 6) is 0.837. The Morgan fingerprint density at radius 3 is 2.88 bits per heavy atom. The number of allylic oxidation sites excluding steroid dienone is 1. The molecule has 5 rings (SSSR count). The third kappa shape index (κ3) is 1.92. The van der Waals surface area contributed by atoms with Crippen LogP contribution in [0.25, 0.3) is 0 Å². The number of rotatable bonds is 2. The van der Waals surface area contributed by atoms with Gasteiger partial charge in [-0.05, 0) is 67.8 Å². The molecule has 0 aromatic carbocycles. The SMILES string of the molecule is C[C@]12CCC(=O)C=C1CC[C@@H]1[C@H]2[C@@H]2C[C@]3([C@@H](O)O2)[C@H](C(=O)CO)CC[C@@H]13. The number of aliphatic hydroxyl groups excluding tert-OH is 2. The lowest BCUT2D eigenvalue weighted by atomic mass is 9.46. The molecule has 5 heteroatoms. The van der Waals surface area contributed by atoms with Gasteiger partial charge < -0.3 is 14.9 Å². The summed E-state index contributed by atoms with van der Waals surface area (Å²) in [6.45, 7) is 1.84. The molecule has 5 nitrogen and oxygen atoms in total. The van der Waals surface area contributed by atoms with Crippen molar-refractivity contribution in [2.75, 3.05) is 6.61 Å². The van der Waals surface area contributed by atoms with E-state index in [2.05, 4.69) is 6.92 Å². The number of ketones is 2. The number of hydrogen-bond acceptors (Lipinski definition) is 5. The summed E-state index contributed by atoms with van der Waals surface area (Å²) in [6, 6.07) is 0. The van der Waals surface area contributed by atoms with Gasteiger partial charge in [-0.2, -0.15) is 0 Å². The monoisotopic (exact) mass is 360 g/mol. The van der Waals surface area contributed by atoms with Crippen molar-refractivity contribution >= 4 is 11.6 Å². The molecule has 5 aliphatic rings. The van der Waals surface area contributed by atoms with E-state index in [-0.39, 0.29) is 34.9 Å². The average Bonchev–Trinajstić information content (AvgIpc) is 3.14. The van der Waals surface area contributed by atoms with Crippen molar-refractivity contribution in [3.8, 4) is 0 Å². The first kappa shape index (κ1) is 17.1. The average molecular weight is 360 g/mol. The Morgan fingerprint density at radius 1 is 1.31 bits per heavy atom. The van der Waals surface area contributed by atoms with Gasteiger partial charge in [0.25, 0.3) is 0 Å². The molecular formula is C21H28O5. The highest BCUT2D eigenvalue weighted by Crippen LogP contribution is 2.71. The molecule has 0 aromatic rings. The molecule has 4 fully saturated rings. The number of fused-ring (bicyclic) bond motifs is 6. The number of carbonyl (C=O) groups is 2. The van der Waals surface area contributed by atoms with Crippen molar-refractivity contribution in [2.24, 2.45) is 34.5 Å². The lowest BCUT2D eigenvalue weighted by Crippen LogP contribution is -2.55. The van der Waals surface area contributed by atoms with E-state index in [9.17, 15) is 19.8 Å². The molecule has 2 bridgehead atoms. The van der Waals surface area contributed by atoms with Gasteiger partial charge in [-0.25, -0.2) is 0 Å². The van der Waals surface area contributed by atoms with Crippen molar-refractivity contribution in [2.45, 2.75) is 64.3 Å². The Bertz CT molecular complexity index is 699. The zero-order valence-electron chi connectivity index (χ0n) is 15.3. The standard InChI is InChI=1S/C21H28O5/c1-20-7-6-12(23)8-11(20)2-3-13-14-4-5-15(16(24)10-22)21(14)9-17(18(13)20)26-19(21)25/h8,13-15,17-19,22,25H,2-7,9-10H2,1H3/t13-,14-,15-,17-,18-,19-,20-,21+/m0/s1. The number of Topliss-reactive ketones (excluding diaryl/α,β-unsaturated/α-hetero) is 1. The van der Waals surface area contributed by atoms with Gasteiger partial charge in [0.15, 0.2) is 17.9 Å². The predicted octanol–water partition coefficient (Wildman–Crippen LogP) is 2.00. The van der Waals surface area contributed by atoms with Crippen molar-refractivity contribution < 1.29 is 24.5 Å². The first-order valence-electron chi connectivity index (χ1n) is 10.1. The lowest BCUT2D eigenvalue weighted by molar-refractivity contribution is -0.160. The predicted molar refractivity (Wildman–Crippen MR) is 92.9 cm³/mol. The summed E-state index contributed by atoms with van der Waals surface area (Å²) < 4.78 is 6.13. The maximum absolute atomic E-state index is 12.4. The van der Waals surface area contributed by atoms with Crippen molar-refractivity contribution in [3.63, 3.8) is 0 Å². The maximum Gasteiger partial charge on any atom is 0.162 e. The summed E-state index contributed by atoms with van der Waals surface area (Å²) in [7, 11) is 0. The molecule has 4 aliphatic carbocycles. The fraction of sp³-hybridized carbons (Fsp3) is 0.810. The second-order valence-electron chi connectivity index (χ2n) is 9.49. The lowest BCUT2D eigenvalue weighted by Gasteiger charge is -2.57. The van der Waals surface area contributed by atoms with Crippen LogP contribution in [-0.2, 0) is 14.3 Å². The van der Waals surface area contributed by atoms with Crippen LogP contribution in [0.2, 0.25) is 0 Å². The zero-order chi connectivity index (χ0) is 18.3. The van der Waals surface area contributed by atoms with E-state index in [1.165, 1.54) is 5.57 Å².